The van der Waals surface area contributed by atoms with Crippen molar-refractivity contribution in [2.45, 2.75) is 32.6 Å². The molecule has 1 N–H and O–H groups in total. The highest BCUT2D eigenvalue weighted by Gasteiger charge is 2.14. The molecule has 1 amide bonds. The molecule has 0 aliphatic carbocycles. The lowest BCUT2D eigenvalue weighted by Crippen LogP contribution is -2.25. The number of ether oxygens (including phenoxy) is 3. The second kappa shape index (κ2) is 9.96. The molecule has 0 aliphatic rings. The first kappa shape index (κ1) is 21.4. The number of aryl methyl sites for hydroxylation is 2. The lowest BCUT2D eigenvalue weighted by Gasteiger charge is -2.15. The maximum absolute atomic E-state index is 12.3. The van der Waals surface area contributed by atoms with E-state index in [0.717, 1.165) is 35.3 Å². The molecule has 1 aromatic carbocycles. The Balaban J connectivity index is 1.48. The summed E-state index contributed by atoms with van der Waals surface area (Å²) in [5.41, 5.74) is 3.73. The van der Waals surface area contributed by atoms with Crippen molar-refractivity contribution in [3.8, 4) is 17.2 Å². The second-order valence-corrected chi connectivity index (χ2v) is 7.01. The SMILES string of the molecule is COc1cc(OC)c(CCC(=O)NCCCc2cnc3cc(C)nn3c2)c(OC)c1. The number of nitrogens with one attached hydrogen (secondary N) is 1. The van der Waals surface area contributed by atoms with E-state index in [9.17, 15) is 4.79 Å². The van der Waals surface area contributed by atoms with Crippen LogP contribution in [0.15, 0.2) is 30.6 Å². The maximum atomic E-state index is 12.3. The van der Waals surface area contributed by atoms with Crippen molar-refractivity contribution in [2.75, 3.05) is 27.9 Å². The highest BCUT2D eigenvalue weighted by molar-refractivity contribution is 5.76. The molecule has 0 atom stereocenters. The third kappa shape index (κ3) is 5.20. The first-order valence-corrected chi connectivity index (χ1v) is 9.90. The van der Waals surface area contributed by atoms with Gasteiger partial charge < -0.3 is 19.5 Å². The fourth-order valence-corrected chi connectivity index (χ4v) is 3.33. The second-order valence-electron chi connectivity index (χ2n) is 7.01. The number of benzene rings is 1. The van der Waals surface area contributed by atoms with E-state index in [-0.39, 0.29) is 5.91 Å². The van der Waals surface area contributed by atoms with E-state index >= 15 is 0 Å². The van der Waals surface area contributed by atoms with Crippen molar-refractivity contribution in [2.24, 2.45) is 0 Å². The molecule has 30 heavy (non-hydrogen) atoms. The van der Waals surface area contributed by atoms with Crippen LogP contribution in [-0.2, 0) is 17.6 Å². The molecule has 0 spiro atoms. The molecule has 0 radical (unpaired) electrons. The Hall–Kier alpha value is -3.29. The summed E-state index contributed by atoms with van der Waals surface area (Å²) in [5, 5.41) is 7.35. The van der Waals surface area contributed by atoms with Crippen LogP contribution >= 0.6 is 0 Å². The standard InChI is InChI=1S/C22H28N4O4/c1-15-10-21-24-13-16(14-26(21)25-15)6-5-9-23-22(27)8-7-18-19(29-3)11-17(28-2)12-20(18)30-4/h10-14H,5-9H2,1-4H3,(H,23,27). The number of hydrogen-bond donors (Lipinski definition) is 1. The van der Waals surface area contributed by atoms with Gasteiger partial charge in [-0.15, -0.1) is 0 Å². The summed E-state index contributed by atoms with van der Waals surface area (Å²) in [7, 11) is 4.77. The van der Waals surface area contributed by atoms with Gasteiger partial charge in [-0.1, -0.05) is 0 Å². The van der Waals surface area contributed by atoms with Crippen molar-refractivity contribution in [3.63, 3.8) is 0 Å². The summed E-state index contributed by atoms with van der Waals surface area (Å²) >= 11 is 0. The minimum atomic E-state index is -0.00815. The third-order valence-corrected chi connectivity index (χ3v) is 4.87. The average molecular weight is 412 g/mol. The monoisotopic (exact) mass is 412 g/mol. The van der Waals surface area contributed by atoms with Gasteiger partial charge in [0, 0.05) is 49.1 Å². The minimum Gasteiger partial charge on any atom is -0.496 e. The Bertz CT molecular complexity index is 991. The van der Waals surface area contributed by atoms with Crippen LogP contribution in [-0.4, -0.2) is 48.4 Å². The van der Waals surface area contributed by atoms with Gasteiger partial charge in [0.15, 0.2) is 5.65 Å². The Morgan fingerprint density at radius 1 is 1.07 bits per heavy atom. The van der Waals surface area contributed by atoms with Crippen LogP contribution < -0.4 is 19.5 Å². The summed E-state index contributed by atoms with van der Waals surface area (Å²) in [6.07, 6.45) is 6.36. The van der Waals surface area contributed by atoms with Gasteiger partial charge >= 0.3 is 0 Å². The molecule has 3 aromatic rings. The zero-order valence-corrected chi connectivity index (χ0v) is 17.9. The fraction of sp³-hybridized carbons (Fsp3) is 0.409. The number of fused-ring (bicyclic) bond motifs is 1. The van der Waals surface area contributed by atoms with Crippen LogP contribution in [0.5, 0.6) is 17.2 Å². The van der Waals surface area contributed by atoms with Crippen molar-refractivity contribution in [3.05, 3.63) is 47.4 Å². The Labute approximate surface area is 176 Å². The fourth-order valence-electron chi connectivity index (χ4n) is 3.33. The van der Waals surface area contributed by atoms with Crippen LogP contribution in [0.2, 0.25) is 0 Å². The summed E-state index contributed by atoms with van der Waals surface area (Å²) in [6, 6.07) is 5.53. The van der Waals surface area contributed by atoms with Gasteiger partial charge in [-0.2, -0.15) is 5.10 Å². The van der Waals surface area contributed by atoms with Crippen molar-refractivity contribution < 1.29 is 19.0 Å². The number of hydrogen-bond acceptors (Lipinski definition) is 6. The Morgan fingerprint density at radius 2 is 1.80 bits per heavy atom. The third-order valence-electron chi connectivity index (χ3n) is 4.87. The number of amides is 1. The number of aromatic nitrogens is 3. The first-order valence-electron chi connectivity index (χ1n) is 9.90. The van der Waals surface area contributed by atoms with Gasteiger partial charge in [-0.3, -0.25) is 4.79 Å². The lowest BCUT2D eigenvalue weighted by atomic mass is 10.1. The quantitative estimate of drug-likeness (QED) is 0.515. The van der Waals surface area contributed by atoms with Crippen LogP contribution in [0.3, 0.4) is 0 Å². The van der Waals surface area contributed by atoms with Crippen LogP contribution in [0.1, 0.15) is 29.7 Å². The highest BCUT2D eigenvalue weighted by Crippen LogP contribution is 2.34. The van der Waals surface area contributed by atoms with Gasteiger partial charge in [0.1, 0.15) is 17.2 Å². The molecule has 160 valence electrons. The van der Waals surface area contributed by atoms with Gasteiger partial charge in [0.25, 0.3) is 0 Å². The zero-order chi connectivity index (χ0) is 21.5. The molecule has 3 rings (SSSR count). The van der Waals surface area contributed by atoms with Gasteiger partial charge in [-0.05, 0) is 31.7 Å². The molecule has 0 fully saturated rings. The smallest absolute Gasteiger partial charge is 0.220 e. The molecule has 0 aliphatic heterocycles. The first-order chi connectivity index (χ1) is 14.5. The van der Waals surface area contributed by atoms with E-state index in [2.05, 4.69) is 15.4 Å². The van der Waals surface area contributed by atoms with Crippen LogP contribution in [0.25, 0.3) is 5.65 Å². The van der Waals surface area contributed by atoms with Crippen molar-refractivity contribution >= 4 is 11.6 Å². The topological polar surface area (TPSA) is 87.0 Å². The van der Waals surface area contributed by atoms with Crippen molar-refractivity contribution in [1.82, 2.24) is 19.9 Å². The molecular weight excluding hydrogens is 384 g/mol. The molecule has 0 saturated heterocycles. The summed E-state index contributed by atoms with van der Waals surface area (Å²) in [5.74, 6) is 1.94. The maximum Gasteiger partial charge on any atom is 0.220 e. The predicted molar refractivity (Wildman–Crippen MR) is 113 cm³/mol. The van der Waals surface area contributed by atoms with Gasteiger partial charge in [0.05, 0.1) is 27.0 Å². The molecule has 2 aromatic heterocycles. The lowest BCUT2D eigenvalue weighted by molar-refractivity contribution is -0.121. The largest absolute Gasteiger partial charge is 0.496 e. The molecule has 8 heteroatoms. The van der Waals surface area contributed by atoms with Crippen molar-refractivity contribution in [1.29, 1.82) is 0 Å². The predicted octanol–water partition coefficient (Wildman–Crippen LogP) is 2.75. The number of carbonyl (C=O) groups is 1. The van der Waals surface area contributed by atoms with E-state index in [1.807, 2.05) is 25.4 Å². The normalized spacial score (nSPS) is 10.8. The minimum absolute atomic E-state index is 0.00815. The zero-order valence-electron chi connectivity index (χ0n) is 17.9. The van der Waals surface area contributed by atoms with E-state index in [1.54, 1.807) is 38.0 Å². The molecule has 0 unspecified atom stereocenters. The Morgan fingerprint density at radius 3 is 2.47 bits per heavy atom. The van der Waals surface area contributed by atoms with E-state index in [1.165, 1.54) is 0 Å². The molecule has 0 saturated carbocycles. The van der Waals surface area contributed by atoms with E-state index < -0.39 is 0 Å². The van der Waals surface area contributed by atoms with E-state index in [4.69, 9.17) is 14.2 Å². The molecular formula is C22H28N4O4. The van der Waals surface area contributed by atoms with Gasteiger partial charge in [-0.25, -0.2) is 9.50 Å². The summed E-state index contributed by atoms with van der Waals surface area (Å²) in [4.78, 5) is 16.7. The van der Waals surface area contributed by atoms with E-state index in [0.29, 0.717) is 36.6 Å². The molecule has 0 bridgehead atoms. The van der Waals surface area contributed by atoms with Gasteiger partial charge in [0.2, 0.25) is 5.91 Å². The molecule has 8 nitrogen and oxygen atoms in total. The number of methoxy groups -OCH3 is 3. The number of nitrogens with zero attached hydrogens (tertiary/aromatic N) is 3. The summed E-state index contributed by atoms with van der Waals surface area (Å²) < 4.78 is 17.9. The summed E-state index contributed by atoms with van der Waals surface area (Å²) in [6.45, 7) is 2.55. The van der Waals surface area contributed by atoms with Crippen LogP contribution in [0.4, 0.5) is 0 Å². The number of rotatable bonds is 10. The van der Waals surface area contributed by atoms with Crippen LogP contribution in [0, 0.1) is 6.92 Å². The molecule has 2 heterocycles. The Kier molecular flexibility index (Phi) is 7.11. The average Bonchev–Trinajstić information content (AvgIpc) is 3.13. The number of carbonyl (C=O) groups excluding carboxylic acids is 1. The highest BCUT2D eigenvalue weighted by atomic mass is 16.5.